The highest BCUT2D eigenvalue weighted by atomic mass is 127. The first-order valence-corrected chi connectivity index (χ1v) is 11.6. The predicted octanol–water partition coefficient (Wildman–Crippen LogP) is 4.26. The van der Waals surface area contributed by atoms with Gasteiger partial charge >= 0.3 is 0 Å². The molecule has 0 heterocycles. The Balaban J connectivity index is 2.20. The molecule has 5 nitrogen and oxygen atoms in total. The third kappa shape index (κ3) is 6.57. The molecule has 0 radical (unpaired) electrons. The number of halogens is 2. The summed E-state index contributed by atoms with van der Waals surface area (Å²) in [4.78, 5) is 0. The molecular weight excluding hydrogens is 568 g/mol. The minimum Gasteiger partial charge on any atom is -0.508 e. The number of hydrogen-bond acceptors (Lipinski definition) is 4. The van der Waals surface area contributed by atoms with Crippen molar-refractivity contribution in [3.63, 3.8) is 0 Å². The van der Waals surface area contributed by atoms with Crippen molar-refractivity contribution in [3.05, 3.63) is 49.1 Å². The SMILES string of the molecule is CC[C@H](Cc1cc(I)c(Oc2ccc(O)cc2)c(I)c1)NS(C)(=O)=O. The van der Waals surface area contributed by atoms with Gasteiger partial charge in [-0.1, -0.05) is 6.92 Å². The number of phenolic OH excluding ortho intramolecular Hbond substituents is 1. The van der Waals surface area contributed by atoms with E-state index in [1.54, 1.807) is 24.3 Å². The molecule has 0 amide bonds. The minimum absolute atomic E-state index is 0.134. The average molecular weight is 587 g/mol. The average Bonchev–Trinajstić information content (AvgIpc) is 2.50. The molecule has 0 saturated carbocycles. The van der Waals surface area contributed by atoms with Gasteiger partial charge in [-0.2, -0.15) is 0 Å². The van der Waals surface area contributed by atoms with Crippen LogP contribution in [0, 0.1) is 7.14 Å². The van der Waals surface area contributed by atoms with E-state index in [1.165, 1.54) is 6.26 Å². The smallest absolute Gasteiger partial charge is 0.208 e. The first-order valence-electron chi connectivity index (χ1n) is 7.60. The van der Waals surface area contributed by atoms with E-state index in [0.717, 1.165) is 18.5 Å². The number of aromatic hydroxyl groups is 1. The van der Waals surface area contributed by atoms with E-state index in [-0.39, 0.29) is 11.8 Å². The Hall–Kier alpha value is -0.590. The van der Waals surface area contributed by atoms with Crippen LogP contribution < -0.4 is 9.46 Å². The molecule has 8 heteroatoms. The zero-order valence-electron chi connectivity index (χ0n) is 13.8. The lowest BCUT2D eigenvalue weighted by Crippen LogP contribution is -2.35. The number of sulfonamides is 1. The van der Waals surface area contributed by atoms with Crippen LogP contribution in [0.1, 0.15) is 18.9 Å². The zero-order chi connectivity index (χ0) is 18.6. The summed E-state index contributed by atoms with van der Waals surface area (Å²) in [5.74, 6) is 1.59. The van der Waals surface area contributed by atoms with Gasteiger partial charge in [0.05, 0.1) is 13.4 Å². The van der Waals surface area contributed by atoms with Crippen LogP contribution in [0.5, 0.6) is 17.2 Å². The largest absolute Gasteiger partial charge is 0.508 e. The first kappa shape index (κ1) is 20.7. The summed E-state index contributed by atoms with van der Waals surface area (Å²) in [5.41, 5.74) is 1.05. The molecule has 2 aromatic rings. The quantitative estimate of drug-likeness (QED) is 0.475. The summed E-state index contributed by atoms with van der Waals surface area (Å²) in [6.45, 7) is 1.96. The Labute approximate surface area is 175 Å². The topological polar surface area (TPSA) is 75.6 Å². The Morgan fingerprint density at radius 2 is 1.72 bits per heavy atom. The van der Waals surface area contributed by atoms with E-state index in [2.05, 4.69) is 49.9 Å². The third-order valence-electron chi connectivity index (χ3n) is 3.47. The van der Waals surface area contributed by atoms with E-state index < -0.39 is 10.0 Å². The van der Waals surface area contributed by atoms with Crippen molar-refractivity contribution in [2.75, 3.05) is 6.26 Å². The van der Waals surface area contributed by atoms with Crippen LogP contribution in [0.15, 0.2) is 36.4 Å². The second kappa shape index (κ2) is 8.87. The van der Waals surface area contributed by atoms with Crippen LogP contribution >= 0.6 is 45.2 Å². The molecule has 0 aliphatic carbocycles. The lowest BCUT2D eigenvalue weighted by molar-refractivity contribution is 0.461. The van der Waals surface area contributed by atoms with E-state index in [1.807, 2.05) is 19.1 Å². The number of phenols is 1. The van der Waals surface area contributed by atoms with Crippen molar-refractivity contribution in [1.82, 2.24) is 4.72 Å². The number of hydrogen-bond donors (Lipinski definition) is 2. The van der Waals surface area contributed by atoms with Gasteiger partial charge in [-0.15, -0.1) is 0 Å². The Morgan fingerprint density at radius 1 is 1.16 bits per heavy atom. The van der Waals surface area contributed by atoms with E-state index in [0.29, 0.717) is 18.6 Å². The lowest BCUT2D eigenvalue weighted by Gasteiger charge is -2.17. The Morgan fingerprint density at radius 3 is 2.20 bits per heavy atom. The highest BCUT2D eigenvalue weighted by Gasteiger charge is 2.16. The number of nitrogens with one attached hydrogen (secondary N) is 1. The van der Waals surface area contributed by atoms with E-state index in [4.69, 9.17) is 4.74 Å². The van der Waals surface area contributed by atoms with Gasteiger partial charge in [-0.25, -0.2) is 13.1 Å². The van der Waals surface area contributed by atoms with Gasteiger partial charge in [0, 0.05) is 6.04 Å². The fraction of sp³-hybridized carbons (Fsp3) is 0.294. The van der Waals surface area contributed by atoms with E-state index >= 15 is 0 Å². The molecule has 2 aromatic carbocycles. The second-order valence-corrected chi connectivity index (χ2v) is 9.79. The summed E-state index contributed by atoms with van der Waals surface area (Å²) in [7, 11) is -3.23. The van der Waals surface area contributed by atoms with Gasteiger partial charge in [-0.3, -0.25) is 0 Å². The van der Waals surface area contributed by atoms with Gasteiger partial charge in [0.15, 0.2) is 5.75 Å². The van der Waals surface area contributed by atoms with Crippen molar-refractivity contribution in [2.24, 2.45) is 0 Å². The molecule has 2 N–H and O–H groups in total. The van der Waals surface area contributed by atoms with Crippen molar-refractivity contribution in [3.8, 4) is 17.2 Å². The molecule has 0 unspecified atom stereocenters. The summed E-state index contributed by atoms with van der Waals surface area (Å²) in [6, 6.07) is 10.4. The van der Waals surface area contributed by atoms with Gasteiger partial charge in [-0.05, 0) is 100.0 Å². The van der Waals surface area contributed by atoms with Crippen molar-refractivity contribution in [1.29, 1.82) is 0 Å². The van der Waals surface area contributed by atoms with Gasteiger partial charge < -0.3 is 9.84 Å². The molecule has 0 aliphatic rings. The van der Waals surface area contributed by atoms with Gasteiger partial charge in [0.2, 0.25) is 10.0 Å². The Bertz CT molecular complexity index is 815. The Kier molecular flexibility index (Phi) is 7.35. The third-order valence-corrected chi connectivity index (χ3v) is 5.83. The van der Waals surface area contributed by atoms with Crippen LogP contribution in [0.3, 0.4) is 0 Å². The highest BCUT2D eigenvalue weighted by molar-refractivity contribution is 14.1. The number of ether oxygens (including phenoxy) is 1. The molecule has 0 aliphatic heterocycles. The molecule has 0 aromatic heterocycles. The molecular formula is C17H19I2NO4S. The first-order chi connectivity index (χ1) is 11.7. The van der Waals surface area contributed by atoms with Crippen LogP contribution in [0.4, 0.5) is 0 Å². The number of rotatable bonds is 7. The number of benzene rings is 2. The van der Waals surface area contributed by atoms with Gasteiger partial charge in [0.25, 0.3) is 0 Å². The fourth-order valence-electron chi connectivity index (χ4n) is 2.32. The monoisotopic (exact) mass is 587 g/mol. The maximum atomic E-state index is 11.5. The molecule has 136 valence electrons. The second-order valence-electron chi connectivity index (χ2n) is 5.68. The standard InChI is InChI=1S/C17H19I2NO4S/c1-3-12(20-25(2,22)23)8-11-9-15(18)17(16(19)10-11)24-14-6-4-13(21)5-7-14/h4-7,9-10,12,20-21H,3,8H2,1-2H3/t12-/m1/s1. The van der Waals surface area contributed by atoms with Gasteiger partial charge in [0.1, 0.15) is 11.5 Å². The lowest BCUT2D eigenvalue weighted by atomic mass is 10.0. The van der Waals surface area contributed by atoms with Crippen LogP contribution in [0.25, 0.3) is 0 Å². The molecule has 1 atom stereocenters. The summed E-state index contributed by atoms with van der Waals surface area (Å²) >= 11 is 4.43. The van der Waals surface area contributed by atoms with Crippen molar-refractivity contribution in [2.45, 2.75) is 25.8 Å². The summed E-state index contributed by atoms with van der Waals surface area (Å²) in [6.07, 6.45) is 2.51. The fourth-order valence-corrected chi connectivity index (χ4v) is 5.29. The molecule has 0 spiro atoms. The minimum atomic E-state index is -3.23. The molecule has 0 bridgehead atoms. The maximum absolute atomic E-state index is 11.5. The normalized spacial score (nSPS) is 12.8. The zero-order valence-corrected chi connectivity index (χ0v) is 18.9. The molecule has 25 heavy (non-hydrogen) atoms. The predicted molar refractivity (Wildman–Crippen MR) is 116 cm³/mol. The maximum Gasteiger partial charge on any atom is 0.208 e. The summed E-state index contributed by atoms with van der Waals surface area (Å²) in [5, 5.41) is 9.35. The highest BCUT2D eigenvalue weighted by Crippen LogP contribution is 2.33. The van der Waals surface area contributed by atoms with Crippen molar-refractivity contribution < 1.29 is 18.3 Å². The summed E-state index contributed by atoms with van der Waals surface area (Å²) < 4.78 is 33.4. The van der Waals surface area contributed by atoms with Crippen molar-refractivity contribution >= 4 is 55.2 Å². The molecule has 0 fully saturated rings. The van der Waals surface area contributed by atoms with E-state index in [9.17, 15) is 13.5 Å². The van der Waals surface area contributed by atoms with Crippen LogP contribution in [0.2, 0.25) is 0 Å². The van der Waals surface area contributed by atoms with Crippen LogP contribution in [-0.4, -0.2) is 25.8 Å². The molecule has 2 rings (SSSR count). The van der Waals surface area contributed by atoms with Crippen LogP contribution in [-0.2, 0) is 16.4 Å². The molecule has 0 saturated heterocycles.